The number of benzene rings is 2. The van der Waals surface area contributed by atoms with Gasteiger partial charge < -0.3 is 19.3 Å². The molecule has 2 aromatic carbocycles. The molecule has 9 nitrogen and oxygen atoms in total. The number of pyridine rings is 2. The van der Waals surface area contributed by atoms with E-state index >= 15 is 4.39 Å². The molecule has 0 saturated carbocycles. The maximum atomic E-state index is 15.0. The minimum atomic E-state index is -1.12. The molecule has 5 aromatic rings. The maximum Gasteiger partial charge on any atom is 0.335 e. The largest absolute Gasteiger partial charge is 0.497 e. The number of hydrogen-bond donors (Lipinski definition) is 1. The molecular weight excluding hydrogens is 609 g/mol. The molecule has 1 fully saturated rings. The molecule has 5 heterocycles. The van der Waals surface area contributed by atoms with Crippen LogP contribution in [0.4, 0.5) is 10.1 Å². The van der Waals surface area contributed by atoms with Gasteiger partial charge in [0.2, 0.25) is 0 Å². The number of carboxylic acids is 1. The van der Waals surface area contributed by atoms with Gasteiger partial charge in [0.05, 0.1) is 18.4 Å². The number of rotatable bonds is 8. The Hall–Kier alpha value is -4.96. The number of nitrogens with zero attached hydrogens (tertiary/aromatic N) is 5. The van der Waals surface area contributed by atoms with Crippen molar-refractivity contribution in [2.45, 2.75) is 51.6 Å². The zero-order chi connectivity index (χ0) is 33.7. The minimum Gasteiger partial charge on any atom is -0.497 e. The lowest BCUT2D eigenvalue weighted by Gasteiger charge is -2.37. The van der Waals surface area contributed by atoms with Gasteiger partial charge in [0.1, 0.15) is 17.2 Å². The second-order valence-corrected chi connectivity index (χ2v) is 13.0. The van der Waals surface area contributed by atoms with Crippen molar-refractivity contribution in [3.05, 3.63) is 117 Å². The molecule has 248 valence electrons. The van der Waals surface area contributed by atoms with Crippen molar-refractivity contribution >= 4 is 22.7 Å². The highest BCUT2D eigenvalue weighted by atomic mass is 19.1. The Labute approximate surface area is 278 Å². The number of carboxylic acid groups (broad SMARTS) is 1. The van der Waals surface area contributed by atoms with E-state index in [0.29, 0.717) is 17.5 Å². The number of likely N-dealkylation sites (tertiary alicyclic amines) is 1. The Morgan fingerprint density at radius 3 is 2.50 bits per heavy atom. The fourth-order valence-corrected chi connectivity index (χ4v) is 7.77. The van der Waals surface area contributed by atoms with Gasteiger partial charge in [0.25, 0.3) is 5.56 Å². The van der Waals surface area contributed by atoms with Crippen LogP contribution in [0, 0.1) is 12.7 Å². The van der Waals surface area contributed by atoms with Crippen LogP contribution in [0.3, 0.4) is 0 Å². The van der Waals surface area contributed by atoms with E-state index in [0.717, 1.165) is 90.1 Å². The SMILES string of the molecule is COc1ccc(CN2CCc3c2ccn(-c2ccnc4c2cc(C(C)N2CCC(c5c(C)cc(C(=O)O)cc5F)CC2)n4C)c3=O)cc1. The third-order valence-corrected chi connectivity index (χ3v) is 10.4. The molecule has 0 amide bonds. The zero-order valence-electron chi connectivity index (χ0n) is 27.7. The number of aromatic nitrogens is 3. The monoisotopic (exact) mass is 649 g/mol. The van der Waals surface area contributed by atoms with Crippen molar-refractivity contribution in [1.29, 1.82) is 0 Å². The van der Waals surface area contributed by atoms with E-state index in [9.17, 15) is 14.7 Å². The van der Waals surface area contributed by atoms with Gasteiger partial charge in [-0.05, 0) is 111 Å². The minimum absolute atomic E-state index is 0.00309. The van der Waals surface area contributed by atoms with Crippen molar-refractivity contribution in [2.75, 3.05) is 31.6 Å². The van der Waals surface area contributed by atoms with Gasteiger partial charge in [0.15, 0.2) is 0 Å². The summed E-state index contributed by atoms with van der Waals surface area (Å²) in [7, 11) is 3.68. The Balaban J connectivity index is 1.12. The number of piperidine rings is 1. The second-order valence-electron chi connectivity index (χ2n) is 13.0. The van der Waals surface area contributed by atoms with E-state index in [-0.39, 0.29) is 23.1 Å². The average Bonchev–Trinajstić information content (AvgIpc) is 3.66. The standard InChI is InChI=1S/C38H40FN5O4/c1-23-19-27(38(46)47)20-31(39)35(23)26-10-15-42(16-11-26)24(2)34-21-30-33(9-14-40-36(30)41(34)3)44-18-13-32-29(37(44)45)12-17-43(32)22-25-5-7-28(48-4)8-6-25/h5-9,13-14,18-21,24,26H,10-12,15-17,22H2,1-4H3,(H,46,47). The lowest BCUT2D eigenvalue weighted by atomic mass is 9.85. The number of fused-ring (bicyclic) bond motifs is 2. The third kappa shape index (κ3) is 5.53. The van der Waals surface area contributed by atoms with Crippen LogP contribution in [0.1, 0.15) is 70.0 Å². The van der Waals surface area contributed by atoms with Gasteiger partial charge in [-0.2, -0.15) is 0 Å². The lowest BCUT2D eigenvalue weighted by Crippen LogP contribution is -2.36. The number of aromatic carboxylic acids is 1. The summed E-state index contributed by atoms with van der Waals surface area (Å²) in [5, 5.41) is 10.2. The normalized spacial score (nSPS) is 16.0. The summed E-state index contributed by atoms with van der Waals surface area (Å²) in [5.74, 6) is -0.689. The summed E-state index contributed by atoms with van der Waals surface area (Å²) < 4.78 is 24.2. The lowest BCUT2D eigenvalue weighted by molar-refractivity contribution is 0.0696. The van der Waals surface area contributed by atoms with E-state index in [1.54, 1.807) is 30.9 Å². The highest BCUT2D eigenvalue weighted by Gasteiger charge is 2.30. The van der Waals surface area contributed by atoms with Gasteiger partial charge in [0, 0.05) is 60.9 Å². The summed E-state index contributed by atoms with van der Waals surface area (Å²) in [4.78, 5) is 34.7. The van der Waals surface area contributed by atoms with Crippen LogP contribution in [-0.2, 0) is 20.0 Å². The van der Waals surface area contributed by atoms with Gasteiger partial charge in [-0.1, -0.05) is 12.1 Å². The van der Waals surface area contributed by atoms with Crippen LogP contribution in [-0.4, -0.2) is 56.8 Å². The van der Waals surface area contributed by atoms with Gasteiger partial charge in [-0.25, -0.2) is 14.2 Å². The molecule has 0 radical (unpaired) electrons. The fraction of sp³-hybridized carbons (Fsp3) is 0.342. The number of methoxy groups -OCH3 is 1. The molecule has 0 bridgehead atoms. The van der Waals surface area contributed by atoms with Crippen molar-refractivity contribution < 1.29 is 19.0 Å². The fourth-order valence-electron chi connectivity index (χ4n) is 7.77. The van der Waals surface area contributed by atoms with E-state index in [4.69, 9.17) is 9.72 Å². The van der Waals surface area contributed by atoms with E-state index in [2.05, 4.69) is 45.6 Å². The summed E-state index contributed by atoms with van der Waals surface area (Å²) in [6.07, 6.45) is 5.90. The number of hydrogen-bond acceptors (Lipinski definition) is 6. The number of ether oxygens (including phenoxy) is 1. The first-order valence-corrected chi connectivity index (χ1v) is 16.5. The first-order valence-electron chi connectivity index (χ1n) is 16.5. The molecule has 1 N–H and O–H groups in total. The van der Waals surface area contributed by atoms with Crippen molar-refractivity contribution in [2.24, 2.45) is 7.05 Å². The van der Waals surface area contributed by atoms with E-state index in [1.165, 1.54) is 0 Å². The molecule has 1 atom stereocenters. The van der Waals surface area contributed by atoms with Crippen molar-refractivity contribution in [1.82, 2.24) is 19.0 Å². The summed E-state index contributed by atoms with van der Waals surface area (Å²) in [6.45, 7) is 7.05. The quantitative estimate of drug-likeness (QED) is 0.209. The Morgan fingerprint density at radius 2 is 1.81 bits per heavy atom. The third-order valence-electron chi connectivity index (χ3n) is 10.4. The van der Waals surface area contributed by atoms with Crippen molar-refractivity contribution in [3.8, 4) is 11.4 Å². The number of carbonyl (C=O) groups is 1. The molecule has 0 spiro atoms. The van der Waals surface area contributed by atoms with Gasteiger partial charge in [-0.15, -0.1) is 0 Å². The Morgan fingerprint density at radius 1 is 1.06 bits per heavy atom. The molecule has 10 heteroatoms. The molecule has 1 unspecified atom stereocenters. The molecule has 1 saturated heterocycles. The molecule has 2 aliphatic rings. The second kappa shape index (κ2) is 12.6. The first-order chi connectivity index (χ1) is 23.1. The Kier molecular flexibility index (Phi) is 8.29. The molecule has 7 rings (SSSR count). The summed E-state index contributed by atoms with van der Waals surface area (Å²) in [6, 6.07) is 16.9. The van der Waals surface area contributed by atoms with Crippen LogP contribution >= 0.6 is 0 Å². The van der Waals surface area contributed by atoms with Crippen molar-refractivity contribution in [3.63, 3.8) is 0 Å². The summed E-state index contributed by atoms with van der Waals surface area (Å²) in [5.41, 5.74) is 7.00. The van der Waals surface area contributed by atoms with Gasteiger partial charge in [-0.3, -0.25) is 14.3 Å². The molecular formula is C38H40FN5O4. The number of halogens is 1. The molecule has 2 aliphatic heterocycles. The van der Waals surface area contributed by atoms with E-state index < -0.39 is 11.8 Å². The average molecular weight is 650 g/mol. The van der Waals surface area contributed by atoms with Gasteiger partial charge >= 0.3 is 5.97 Å². The highest BCUT2D eigenvalue weighted by Crippen LogP contribution is 2.37. The number of anilines is 1. The smallest absolute Gasteiger partial charge is 0.335 e. The van der Waals surface area contributed by atoms with Crippen LogP contribution in [0.25, 0.3) is 16.7 Å². The van der Waals surface area contributed by atoms with Crippen LogP contribution in [0.2, 0.25) is 0 Å². The van der Waals surface area contributed by atoms with Crippen LogP contribution in [0.5, 0.6) is 5.75 Å². The molecule has 48 heavy (non-hydrogen) atoms. The predicted octanol–water partition coefficient (Wildman–Crippen LogP) is 6.38. The maximum absolute atomic E-state index is 15.0. The molecule has 0 aliphatic carbocycles. The number of aryl methyl sites for hydroxylation is 2. The predicted molar refractivity (Wildman–Crippen MR) is 184 cm³/mol. The first kappa shape index (κ1) is 31.6. The molecule has 3 aromatic heterocycles. The van der Waals surface area contributed by atoms with Crippen LogP contribution in [0.15, 0.2) is 71.8 Å². The summed E-state index contributed by atoms with van der Waals surface area (Å²) >= 11 is 0. The Bertz CT molecular complexity index is 2050. The van der Waals surface area contributed by atoms with Crippen LogP contribution < -0.4 is 15.2 Å². The van der Waals surface area contributed by atoms with E-state index in [1.807, 2.05) is 31.4 Å². The highest BCUT2D eigenvalue weighted by molar-refractivity contribution is 5.88. The topological polar surface area (TPSA) is 92.8 Å². The zero-order valence-corrected chi connectivity index (χ0v) is 27.7.